The van der Waals surface area contributed by atoms with Crippen molar-refractivity contribution in [3.05, 3.63) is 46.4 Å². The Kier molecular flexibility index (Phi) is 4.52. The summed E-state index contributed by atoms with van der Waals surface area (Å²) in [6.07, 6.45) is 0. The van der Waals surface area contributed by atoms with Gasteiger partial charge in [0.15, 0.2) is 0 Å². The van der Waals surface area contributed by atoms with Gasteiger partial charge >= 0.3 is 5.97 Å². The first-order valence-corrected chi connectivity index (χ1v) is 7.07. The van der Waals surface area contributed by atoms with Crippen molar-refractivity contribution in [2.45, 2.75) is 19.9 Å². The van der Waals surface area contributed by atoms with Gasteiger partial charge < -0.3 is 10.1 Å². The van der Waals surface area contributed by atoms with Crippen LogP contribution in [-0.4, -0.2) is 17.6 Å². The third-order valence-electron chi connectivity index (χ3n) is 2.69. The summed E-state index contributed by atoms with van der Waals surface area (Å²) in [7, 11) is 0. The minimum absolute atomic E-state index is 0.0434. The Morgan fingerprint density at radius 3 is 2.95 bits per heavy atom. The number of nitrogens with one attached hydrogen (secondary N) is 1. The van der Waals surface area contributed by atoms with Crippen molar-refractivity contribution in [3.63, 3.8) is 0 Å². The number of thiazole rings is 1. The molecule has 0 radical (unpaired) electrons. The maximum absolute atomic E-state index is 11.9. The largest absolute Gasteiger partial charge is 0.462 e. The molecule has 0 aliphatic rings. The van der Waals surface area contributed by atoms with E-state index in [0.717, 1.165) is 11.4 Å². The molecule has 0 bridgehead atoms. The van der Waals surface area contributed by atoms with E-state index in [1.165, 1.54) is 0 Å². The minimum atomic E-state index is -0.309. The van der Waals surface area contributed by atoms with Crippen molar-refractivity contribution in [2.24, 2.45) is 0 Å². The zero-order valence-electron chi connectivity index (χ0n) is 10.9. The molecular weight excluding hydrogens is 260 g/mol. The van der Waals surface area contributed by atoms with Crippen LogP contribution in [0.1, 0.15) is 35.9 Å². The number of para-hydroxylation sites is 1. The highest BCUT2D eigenvalue weighted by atomic mass is 32.1. The van der Waals surface area contributed by atoms with Crippen molar-refractivity contribution in [1.82, 2.24) is 4.98 Å². The number of benzene rings is 1. The third kappa shape index (κ3) is 3.32. The van der Waals surface area contributed by atoms with E-state index >= 15 is 0 Å². The predicted molar refractivity (Wildman–Crippen MR) is 76.6 cm³/mol. The summed E-state index contributed by atoms with van der Waals surface area (Å²) < 4.78 is 5.05. The third-order valence-corrected chi connectivity index (χ3v) is 3.29. The summed E-state index contributed by atoms with van der Waals surface area (Å²) >= 11 is 1.55. The number of rotatable bonds is 5. The van der Waals surface area contributed by atoms with Crippen LogP contribution in [0, 0.1) is 0 Å². The fourth-order valence-electron chi connectivity index (χ4n) is 1.74. The number of carbonyl (C=O) groups excluding carboxylic acids is 1. The lowest BCUT2D eigenvalue weighted by atomic mass is 10.1. The fourth-order valence-corrected chi connectivity index (χ4v) is 2.39. The quantitative estimate of drug-likeness (QED) is 0.849. The second-order valence-corrected chi connectivity index (χ2v) is 4.76. The molecule has 1 aromatic heterocycles. The molecule has 0 aliphatic carbocycles. The maximum atomic E-state index is 11.9. The summed E-state index contributed by atoms with van der Waals surface area (Å²) in [5.41, 5.74) is 4.07. The number of anilines is 1. The molecule has 5 heteroatoms. The van der Waals surface area contributed by atoms with Crippen molar-refractivity contribution in [3.8, 4) is 0 Å². The standard InChI is InChI=1S/C14H16N2O2S/c1-3-18-14(17)11-6-4-5-7-12(11)16-10(2)13-8-19-9-15-13/h4-10,16H,3H2,1-2H3. The lowest BCUT2D eigenvalue weighted by molar-refractivity contribution is 0.0527. The molecule has 19 heavy (non-hydrogen) atoms. The van der Waals surface area contributed by atoms with E-state index in [9.17, 15) is 4.79 Å². The number of nitrogens with zero attached hydrogens (tertiary/aromatic N) is 1. The molecule has 1 atom stereocenters. The van der Waals surface area contributed by atoms with Crippen LogP contribution in [0.4, 0.5) is 5.69 Å². The first-order chi connectivity index (χ1) is 9.22. The maximum Gasteiger partial charge on any atom is 0.340 e. The smallest absolute Gasteiger partial charge is 0.340 e. The van der Waals surface area contributed by atoms with Gasteiger partial charge in [-0.3, -0.25) is 0 Å². The highest BCUT2D eigenvalue weighted by Crippen LogP contribution is 2.22. The van der Waals surface area contributed by atoms with E-state index < -0.39 is 0 Å². The number of hydrogen-bond donors (Lipinski definition) is 1. The van der Waals surface area contributed by atoms with Gasteiger partial charge in [-0.1, -0.05) is 12.1 Å². The van der Waals surface area contributed by atoms with E-state index in [1.807, 2.05) is 30.5 Å². The van der Waals surface area contributed by atoms with Crippen LogP contribution in [0.2, 0.25) is 0 Å². The number of hydrogen-bond acceptors (Lipinski definition) is 5. The van der Waals surface area contributed by atoms with Gasteiger partial charge in [-0.2, -0.15) is 0 Å². The van der Waals surface area contributed by atoms with Gasteiger partial charge in [0.2, 0.25) is 0 Å². The topological polar surface area (TPSA) is 51.2 Å². The molecule has 0 spiro atoms. The lowest BCUT2D eigenvalue weighted by Crippen LogP contribution is -2.12. The molecule has 0 aliphatic heterocycles. The molecule has 1 aromatic carbocycles. The van der Waals surface area contributed by atoms with Crippen molar-refractivity contribution in [2.75, 3.05) is 11.9 Å². The van der Waals surface area contributed by atoms with Gasteiger partial charge in [-0.25, -0.2) is 9.78 Å². The molecule has 100 valence electrons. The Bertz CT molecular complexity index is 540. The highest BCUT2D eigenvalue weighted by molar-refractivity contribution is 7.07. The van der Waals surface area contributed by atoms with E-state index in [1.54, 1.807) is 29.8 Å². The number of esters is 1. The average Bonchev–Trinajstić information content (AvgIpc) is 2.93. The second-order valence-electron chi connectivity index (χ2n) is 4.05. The Balaban J connectivity index is 2.18. The van der Waals surface area contributed by atoms with Gasteiger partial charge in [0.05, 0.1) is 29.4 Å². The number of carbonyl (C=O) groups is 1. The van der Waals surface area contributed by atoms with E-state index in [4.69, 9.17) is 4.74 Å². The molecule has 0 amide bonds. The average molecular weight is 276 g/mol. The first-order valence-electron chi connectivity index (χ1n) is 6.13. The van der Waals surface area contributed by atoms with Crippen LogP contribution in [0.25, 0.3) is 0 Å². The van der Waals surface area contributed by atoms with Crippen LogP contribution >= 0.6 is 11.3 Å². The Hall–Kier alpha value is -1.88. The van der Waals surface area contributed by atoms with E-state index in [0.29, 0.717) is 12.2 Å². The van der Waals surface area contributed by atoms with Crippen molar-refractivity contribution < 1.29 is 9.53 Å². The van der Waals surface area contributed by atoms with Gasteiger partial charge in [0, 0.05) is 11.1 Å². The highest BCUT2D eigenvalue weighted by Gasteiger charge is 2.14. The zero-order chi connectivity index (χ0) is 13.7. The first kappa shape index (κ1) is 13.5. The van der Waals surface area contributed by atoms with Crippen LogP contribution in [-0.2, 0) is 4.74 Å². The Morgan fingerprint density at radius 1 is 1.47 bits per heavy atom. The summed E-state index contributed by atoms with van der Waals surface area (Å²) in [6, 6.07) is 7.38. The monoisotopic (exact) mass is 276 g/mol. The molecule has 2 aromatic rings. The van der Waals surface area contributed by atoms with Crippen LogP contribution < -0.4 is 5.32 Å². The second kappa shape index (κ2) is 6.33. The molecule has 1 N–H and O–H groups in total. The Morgan fingerprint density at radius 2 is 2.26 bits per heavy atom. The van der Waals surface area contributed by atoms with Gasteiger partial charge in [0.1, 0.15) is 0 Å². The molecule has 0 fully saturated rings. The fraction of sp³-hybridized carbons (Fsp3) is 0.286. The normalized spacial score (nSPS) is 11.9. The lowest BCUT2D eigenvalue weighted by Gasteiger charge is -2.15. The predicted octanol–water partition coefficient (Wildman–Crippen LogP) is 3.49. The minimum Gasteiger partial charge on any atom is -0.462 e. The van der Waals surface area contributed by atoms with Crippen LogP contribution in [0.5, 0.6) is 0 Å². The van der Waals surface area contributed by atoms with Crippen LogP contribution in [0.15, 0.2) is 35.2 Å². The van der Waals surface area contributed by atoms with Gasteiger partial charge in [0.25, 0.3) is 0 Å². The number of ether oxygens (including phenoxy) is 1. The molecule has 0 saturated carbocycles. The van der Waals surface area contributed by atoms with E-state index in [-0.39, 0.29) is 12.0 Å². The summed E-state index contributed by atoms with van der Waals surface area (Å²) in [5, 5.41) is 5.29. The molecular formula is C14H16N2O2S. The van der Waals surface area contributed by atoms with Crippen LogP contribution in [0.3, 0.4) is 0 Å². The Labute approximate surface area is 116 Å². The van der Waals surface area contributed by atoms with Crippen molar-refractivity contribution >= 4 is 23.0 Å². The molecule has 0 saturated heterocycles. The zero-order valence-corrected chi connectivity index (χ0v) is 11.7. The van der Waals surface area contributed by atoms with Gasteiger partial charge in [-0.05, 0) is 26.0 Å². The summed E-state index contributed by atoms with van der Waals surface area (Å²) in [6.45, 7) is 4.18. The van der Waals surface area contributed by atoms with Gasteiger partial charge in [-0.15, -0.1) is 11.3 Å². The molecule has 4 nitrogen and oxygen atoms in total. The molecule has 2 rings (SSSR count). The summed E-state index contributed by atoms with van der Waals surface area (Å²) in [4.78, 5) is 16.1. The molecule has 1 unspecified atom stereocenters. The summed E-state index contributed by atoms with van der Waals surface area (Å²) in [5.74, 6) is -0.309. The van der Waals surface area contributed by atoms with Crippen molar-refractivity contribution in [1.29, 1.82) is 0 Å². The van der Waals surface area contributed by atoms with E-state index in [2.05, 4.69) is 10.3 Å². The molecule has 1 heterocycles. The number of aromatic nitrogens is 1. The SMILES string of the molecule is CCOC(=O)c1ccccc1NC(C)c1cscn1.